The predicted octanol–water partition coefficient (Wildman–Crippen LogP) is -16.1. The monoisotopic (exact) mass is 580 g/mol. The van der Waals surface area contributed by atoms with Crippen LogP contribution in [-0.4, -0.2) is 71.2 Å². The fourth-order valence-electron chi connectivity index (χ4n) is 6.06. The van der Waals surface area contributed by atoms with Crippen LogP contribution in [0, 0.1) is 0 Å². The summed E-state index contributed by atoms with van der Waals surface area (Å²) in [5.41, 5.74) is 0. The average molecular weight is 583 g/mol. The first-order chi connectivity index (χ1) is 12.8. The summed E-state index contributed by atoms with van der Waals surface area (Å²) in [6, 6.07) is 5.21. The van der Waals surface area contributed by atoms with Crippen molar-refractivity contribution in [1.82, 2.24) is 0 Å². The Morgan fingerprint density at radius 1 is 0.471 bits per heavy atom. The molecule has 0 aromatic carbocycles. The van der Waals surface area contributed by atoms with Crippen molar-refractivity contribution >= 4 is 0 Å². The maximum atomic E-state index is 2.81. The van der Waals surface area contributed by atoms with E-state index >= 15 is 0 Å². The first-order valence-corrected chi connectivity index (χ1v) is 12.2. The SMILES string of the molecule is CC[C@H]1CC[NH2+][C@@H]2CCCC[C@H]2[NH2+][C@H](CC)CC[NH2+][C@H]2CCCC[C@@H]2[NH2+]1.O.O.O.O.[Cl-].[Cl-].[Cl-].[Cl-]. The number of quaternary nitrogens is 4. The fraction of sp³-hybridized carbons (Fsp3) is 1.00. The summed E-state index contributed by atoms with van der Waals surface area (Å²) >= 11 is 0. The highest BCUT2D eigenvalue weighted by Crippen LogP contribution is 2.15. The lowest BCUT2D eigenvalue weighted by Gasteiger charge is -2.33. The Balaban J connectivity index is -0.000000245. The molecule has 3 fully saturated rings. The summed E-state index contributed by atoms with van der Waals surface area (Å²) in [5, 5.41) is 11.1. The fourth-order valence-corrected chi connectivity index (χ4v) is 6.06. The maximum Gasteiger partial charge on any atom is 0.138 e. The third kappa shape index (κ3) is 15.2. The Hall–Kier alpha value is 0.840. The van der Waals surface area contributed by atoms with Gasteiger partial charge in [-0.3, -0.25) is 0 Å². The van der Waals surface area contributed by atoms with Crippen LogP contribution in [0.1, 0.15) is 90.9 Å². The molecule has 0 aromatic rings. The van der Waals surface area contributed by atoms with E-state index in [1.165, 1.54) is 90.1 Å². The summed E-state index contributed by atoms with van der Waals surface area (Å²) in [5.74, 6) is 0. The van der Waals surface area contributed by atoms with Crippen LogP contribution in [0.25, 0.3) is 0 Å². The Morgan fingerprint density at radius 3 is 1.06 bits per heavy atom. The minimum Gasteiger partial charge on any atom is -1.00 e. The van der Waals surface area contributed by atoms with Crippen molar-refractivity contribution < 1.29 is 92.8 Å². The van der Waals surface area contributed by atoms with Crippen molar-refractivity contribution in [2.45, 2.75) is 127 Å². The van der Waals surface area contributed by atoms with E-state index in [1.54, 1.807) is 0 Å². The molecule has 216 valence electrons. The van der Waals surface area contributed by atoms with Gasteiger partial charge in [0, 0.05) is 38.5 Å². The normalized spacial score (nSPS) is 31.2. The Labute approximate surface area is 232 Å². The van der Waals surface area contributed by atoms with Gasteiger partial charge in [-0.1, -0.05) is 13.8 Å². The van der Waals surface area contributed by atoms with Crippen LogP contribution in [0.3, 0.4) is 0 Å². The number of nitrogens with two attached hydrogens (primary N) is 4. The van der Waals surface area contributed by atoms with Crippen LogP contribution < -0.4 is 70.9 Å². The summed E-state index contributed by atoms with van der Waals surface area (Å²) in [6.45, 7) is 7.52. The molecule has 0 radical (unpaired) electrons. The number of fused-ring (bicyclic) bond motifs is 2. The smallest absolute Gasteiger partial charge is 0.138 e. The van der Waals surface area contributed by atoms with Crippen LogP contribution in [-0.2, 0) is 0 Å². The lowest BCUT2D eigenvalue weighted by Crippen LogP contribution is -3.09. The molecule has 2 saturated carbocycles. The first kappa shape index (κ1) is 48.0. The highest BCUT2D eigenvalue weighted by atomic mass is 35.5. The molecule has 0 bridgehead atoms. The first-order valence-electron chi connectivity index (χ1n) is 12.2. The number of hydrogen-bond donors (Lipinski definition) is 4. The van der Waals surface area contributed by atoms with Crippen LogP contribution in [0.4, 0.5) is 0 Å². The average Bonchev–Trinajstić information content (AvgIpc) is 2.68. The Bertz CT molecular complexity index is 387. The van der Waals surface area contributed by atoms with Gasteiger partial charge in [0.05, 0.1) is 25.2 Å². The quantitative estimate of drug-likeness (QED) is 0.241. The standard InChI is InChI=1S/C22H44N4.4ClH.4H2O/c1-3-17-13-15-23-20-10-6-8-12-22(20)26-18(4-2)14-16-24-19-9-5-7-11-21(19)25-17;;;;;;;;/h17-26H,3-16H2,1-2H3;4*1H;4*1H2/t17-,18+,19-,20+,21-,22+;;;;;;;;. The molecule has 6 atom stereocenters. The van der Waals surface area contributed by atoms with Gasteiger partial charge in [-0.2, -0.15) is 0 Å². The summed E-state index contributed by atoms with van der Waals surface area (Å²) in [7, 11) is 0. The van der Waals surface area contributed by atoms with E-state index in [1.807, 2.05) is 0 Å². The van der Waals surface area contributed by atoms with E-state index in [4.69, 9.17) is 0 Å². The van der Waals surface area contributed by atoms with Gasteiger partial charge in [-0.25, -0.2) is 0 Å². The Morgan fingerprint density at radius 2 is 0.765 bits per heavy atom. The highest BCUT2D eigenvalue weighted by molar-refractivity contribution is 4.75. The van der Waals surface area contributed by atoms with Crippen molar-refractivity contribution in [2.75, 3.05) is 13.1 Å². The molecule has 3 aliphatic rings. The molecule has 2 aliphatic carbocycles. The minimum absolute atomic E-state index is 0. The van der Waals surface area contributed by atoms with Gasteiger partial charge < -0.3 is 92.8 Å². The number of halogens is 4. The summed E-state index contributed by atoms with van der Waals surface area (Å²) in [4.78, 5) is 0. The molecule has 0 spiro atoms. The summed E-state index contributed by atoms with van der Waals surface area (Å²) in [6.07, 6.45) is 17.2. The van der Waals surface area contributed by atoms with Crippen molar-refractivity contribution in [3.8, 4) is 0 Å². The van der Waals surface area contributed by atoms with Gasteiger partial charge in [0.15, 0.2) is 0 Å². The van der Waals surface area contributed by atoms with Gasteiger partial charge in [0.25, 0.3) is 0 Å². The van der Waals surface area contributed by atoms with Gasteiger partial charge >= 0.3 is 0 Å². The highest BCUT2D eigenvalue weighted by Gasteiger charge is 2.35. The molecule has 8 nitrogen and oxygen atoms in total. The molecular formula is C22H56Cl4N4O4. The van der Waals surface area contributed by atoms with E-state index in [0.29, 0.717) is 0 Å². The lowest BCUT2D eigenvalue weighted by atomic mass is 9.88. The van der Waals surface area contributed by atoms with E-state index in [0.717, 1.165) is 36.3 Å². The predicted molar refractivity (Wildman–Crippen MR) is 121 cm³/mol. The molecule has 0 unspecified atom stereocenters. The molecule has 34 heavy (non-hydrogen) atoms. The second-order valence-electron chi connectivity index (χ2n) is 9.57. The van der Waals surface area contributed by atoms with E-state index in [9.17, 15) is 0 Å². The molecular weight excluding hydrogens is 526 g/mol. The van der Waals surface area contributed by atoms with Crippen molar-refractivity contribution in [3.05, 3.63) is 0 Å². The maximum absolute atomic E-state index is 2.81. The van der Waals surface area contributed by atoms with Crippen LogP contribution in [0.15, 0.2) is 0 Å². The second kappa shape index (κ2) is 26.9. The van der Waals surface area contributed by atoms with E-state index < -0.39 is 0 Å². The number of hydrogen-bond acceptors (Lipinski definition) is 0. The molecule has 1 saturated heterocycles. The topological polar surface area (TPSA) is 192 Å². The molecule has 16 N–H and O–H groups in total. The van der Waals surface area contributed by atoms with Gasteiger partial charge in [0.2, 0.25) is 0 Å². The molecule has 12 heteroatoms. The van der Waals surface area contributed by atoms with Gasteiger partial charge in [0.1, 0.15) is 24.2 Å². The van der Waals surface area contributed by atoms with Gasteiger partial charge in [-0.15, -0.1) is 0 Å². The molecule has 1 aliphatic heterocycles. The van der Waals surface area contributed by atoms with Crippen LogP contribution in [0.2, 0.25) is 0 Å². The molecule has 3 rings (SSSR count). The third-order valence-electron chi connectivity index (χ3n) is 7.85. The third-order valence-corrected chi connectivity index (χ3v) is 7.85. The molecule has 0 amide bonds. The largest absolute Gasteiger partial charge is 1.00 e. The molecule has 1 heterocycles. The van der Waals surface area contributed by atoms with E-state index in [-0.39, 0.29) is 71.5 Å². The summed E-state index contributed by atoms with van der Waals surface area (Å²) < 4.78 is 0. The zero-order valence-electron chi connectivity index (χ0n) is 21.2. The molecule has 0 aromatic heterocycles. The van der Waals surface area contributed by atoms with E-state index in [2.05, 4.69) is 35.1 Å². The zero-order valence-corrected chi connectivity index (χ0v) is 24.2. The van der Waals surface area contributed by atoms with Crippen molar-refractivity contribution in [3.63, 3.8) is 0 Å². The van der Waals surface area contributed by atoms with Crippen LogP contribution >= 0.6 is 0 Å². The zero-order chi connectivity index (χ0) is 18.2. The minimum atomic E-state index is 0. The lowest BCUT2D eigenvalue weighted by molar-refractivity contribution is -0.815. The number of rotatable bonds is 2. The van der Waals surface area contributed by atoms with Crippen molar-refractivity contribution in [2.24, 2.45) is 0 Å². The second-order valence-corrected chi connectivity index (χ2v) is 9.57. The van der Waals surface area contributed by atoms with Crippen LogP contribution in [0.5, 0.6) is 0 Å². The van der Waals surface area contributed by atoms with Crippen molar-refractivity contribution in [1.29, 1.82) is 0 Å². The Kier molecular flexibility index (Phi) is 37.9. The van der Waals surface area contributed by atoms with Gasteiger partial charge in [-0.05, 0) is 38.5 Å².